The van der Waals surface area contributed by atoms with E-state index in [1.165, 1.54) is 12.3 Å². The summed E-state index contributed by atoms with van der Waals surface area (Å²) in [5.74, 6) is -0.458. The van der Waals surface area contributed by atoms with Crippen LogP contribution in [0.5, 0.6) is 0 Å². The Morgan fingerprint density at radius 3 is 2.60 bits per heavy atom. The molecule has 4 heterocycles. The molecule has 2 fully saturated rings. The molecule has 4 aromatic rings. The highest BCUT2D eigenvalue weighted by molar-refractivity contribution is 6.03. The number of hydrogen-bond acceptors (Lipinski definition) is 7. The van der Waals surface area contributed by atoms with Gasteiger partial charge in [-0.2, -0.15) is 0 Å². The van der Waals surface area contributed by atoms with Gasteiger partial charge in [0, 0.05) is 73.5 Å². The third-order valence-corrected chi connectivity index (χ3v) is 8.24. The van der Waals surface area contributed by atoms with Gasteiger partial charge in [-0.3, -0.25) is 9.59 Å². The van der Waals surface area contributed by atoms with Crippen LogP contribution in [0.2, 0.25) is 0 Å². The van der Waals surface area contributed by atoms with Gasteiger partial charge < -0.3 is 30.3 Å². The number of carbonyl (C=O) groups is 2. The molecule has 0 saturated carbocycles. The smallest absolute Gasteiger partial charge is 0.253 e. The number of aromatic amines is 1. The lowest BCUT2D eigenvalue weighted by molar-refractivity contribution is -0.111. The number of amides is 2. The predicted octanol–water partition coefficient (Wildman–Crippen LogP) is 4.36. The van der Waals surface area contributed by atoms with Crippen molar-refractivity contribution < 1.29 is 14.0 Å². The Hall–Kier alpha value is -4.77. The van der Waals surface area contributed by atoms with Crippen molar-refractivity contribution in [3.8, 4) is 11.3 Å². The van der Waals surface area contributed by atoms with Crippen LogP contribution in [0.4, 0.5) is 21.7 Å². The van der Waals surface area contributed by atoms with Gasteiger partial charge in [0.25, 0.3) is 5.91 Å². The second-order valence-electron chi connectivity index (χ2n) is 11.1. The van der Waals surface area contributed by atoms with E-state index < -0.39 is 5.82 Å². The third-order valence-electron chi connectivity index (χ3n) is 8.24. The molecule has 10 nitrogen and oxygen atoms in total. The zero-order chi connectivity index (χ0) is 29.9. The molecule has 11 heteroatoms. The number of likely N-dealkylation sites (tertiary alicyclic amines) is 1. The van der Waals surface area contributed by atoms with E-state index in [0.29, 0.717) is 48.7 Å². The summed E-state index contributed by atoms with van der Waals surface area (Å²) in [5, 5.41) is 7.13. The highest BCUT2D eigenvalue weighted by atomic mass is 19.1. The number of H-pyrrole nitrogens is 1. The monoisotopic (exact) mass is 582 g/mol. The molecule has 222 valence electrons. The fraction of sp³-hybridized carbons (Fsp3) is 0.312. The molecule has 2 aromatic heterocycles. The van der Waals surface area contributed by atoms with Gasteiger partial charge in [0.2, 0.25) is 11.9 Å². The number of halogens is 1. The number of carbonyl (C=O) groups excluding carboxylic acids is 2. The van der Waals surface area contributed by atoms with Crippen LogP contribution in [0.3, 0.4) is 0 Å². The number of likely N-dealkylation sites (N-methyl/N-ethyl adjacent to an activating group) is 1. The summed E-state index contributed by atoms with van der Waals surface area (Å²) in [7, 11) is 2.08. The lowest BCUT2D eigenvalue weighted by atomic mass is 10.0. The lowest BCUT2D eigenvalue weighted by Crippen LogP contribution is -2.45. The van der Waals surface area contributed by atoms with Gasteiger partial charge in [-0.1, -0.05) is 24.8 Å². The number of para-hydroxylation sites is 1. The van der Waals surface area contributed by atoms with E-state index >= 15 is 0 Å². The molecular weight excluding hydrogens is 547 g/mol. The largest absolute Gasteiger partial charge is 0.367 e. The first-order chi connectivity index (χ1) is 20.9. The molecule has 0 bridgehead atoms. The molecule has 2 aliphatic rings. The van der Waals surface area contributed by atoms with Crippen LogP contribution in [-0.4, -0.2) is 88.9 Å². The number of fused-ring (bicyclic) bond motifs is 1. The molecule has 2 amide bonds. The fourth-order valence-corrected chi connectivity index (χ4v) is 5.75. The Labute approximate surface area is 249 Å². The number of anilines is 3. The standard InChI is InChI=1S/C32H35FN8O2/c1-3-29(42)37-27-9-8-21(18-28(27)40-16-14-39(2)15-17-40)31(43)41-12-10-22(11-13-41)36-32-35-20-25(33)30(38-32)24-19-34-26-7-5-4-6-23(24)26/h3-9,18-20,22,34H,1,10-17H2,2H3,(H,37,42)(H,35,36,38). The Morgan fingerprint density at radius 2 is 1.84 bits per heavy atom. The molecule has 2 aliphatic heterocycles. The quantitative estimate of drug-likeness (QED) is 0.278. The van der Waals surface area contributed by atoms with E-state index in [9.17, 15) is 14.0 Å². The van der Waals surface area contributed by atoms with Gasteiger partial charge in [0.05, 0.1) is 17.6 Å². The zero-order valence-corrected chi connectivity index (χ0v) is 24.1. The van der Waals surface area contributed by atoms with Crippen molar-refractivity contribution >= 4 is 40.0 Å². The van der Waals surface area contributed by atoms with Crippen molar-refractivity contribution in [3.63, 3.8) is 0 Å². The molecular formula is C32H35FN8O2. The average Bonchev–Trinajstić information content (AvgIpc) is 3.46. The highest BCUT2D eigenvalue weighted by Gasteiger charge is 2.26. The van der Waals surface area contributed by atoms with E-state index in [2.05, 4.69) is 49.0 Å². The molecule has 0 atom stereocenters. The minimum Gasteiger partial charge on any atom is -0.367 e. The number of piperidine rings is 1. The minimum atomic E-state index is -0.485. The summed E-state index contributed by atoms with van der Waals surface area (Å²) in [4.78, 5) is 43.8. The second kappa shape index (κ2) is 12.2. The summed E-state index contributed by atoms with van der Waals surface area (Å²) in [6.07, 6.45) is 5.61. The highest BCUT2D eigenvalue weighted by Crippen LogP contribution is 2.31. The van der Waals surface area contributed by atoms with Crippen molar-refractivity contribution in [3.05, 3.63) is 78.9 Å². The van der Waals surface area contributed by atoms with Crippen LogP contribution in [0, 0.1) is 5.82 Å². The molecule has 2 saturated heterocycles. The van der Waals surface area contributed by atoms with Crippen LogP contribution >= 0.6 is 0 Å². The summed E-state index contributed by atoms with van der Waals surface area (Å²) >= 11 is 0. The summed E-state index contributed by atoms with van der Waals surface area (Å²) in [6.45, 7) is 8.07. The van der Waals surface area contributed by atoms with E-state index in [0.717, 1.165) is 42.8 Å². The van der Waals surface area contributed by atoms with Crippen molar-refractivity contribution in [2.24, 2.45) is 0 Å². The van der Waals surface area contributed by atoms with Crippen molar-refractivity contribution in [2.75, 3.05) is 61.8 Å². The maximum atomic E-state index is 14.8. The molecule has 0 spiro atoms. The van der Waals surface area contributed by atoms with Crippen molar-refractivity contribution in [1.82, 2.24) is 24.8 Å². The number of rotatable bonds is 7. The Kier molecular flexibility index (Phi) is 8.06. The van der Waals surface area contributed by atoms with Gasteiger partial charge in [-0.25, -0.2) is 14.4 Å². The van der Waals surface area contributed by atoms with Gasteiger partial charge in [-0.05, 0) is 50.2 Å². The first kappa shape index (κ1) is 28.4. The van der Waals surface area contributed by atoms with E-state index in [1.54, 1.807) is 18.3 Å². The molecule has 2 aromatic carbocycles. The maximum absolute atomic E-state index is 14.8. The number of nitrogens with one attached hydrogen (secondary N) is 3. The predicted molar refractivity (Wildman–Crippen MR) is 167 cm³/mol. The number of hydrogen-bond donors (Lipinski definition) is 3. The van der Waals surface area contributed by atoms with E-state index in [-0.39, 0.29) is 23.6 Å². The van der Waals surface area contributed by atoms with Crippen molar-refractivity contribution in [2.45, 2.75) is 18.9 Å². The van der Waals surface area contributed by atoms with Gasteiger partial charge in [-0.15, -0.1) is 0 Å². The van der Waals surface area contributed by atoms with Crippen LogP contribution < -0.4 is 15.5 Å². The maximum Gasteiger partial charge on any atom is 0.253 e. The normalized spacial score (nSPS) is 16.3. The van der Waals surface area contributed by atoms with Crippen LogP contribution in [0.15, 0.2) is 67.5 Å². The molecule has 0 unspecified atom stereocenters. The molecule has 6 rings (SSSR count). The zero-order valence-electron chi connectivity index (χ0n) is 24.1. The Morgan fingerprint density at radius 1 is 1.07 bits per heavy atom. The van der Waals surface area contributed by atoms with Gasteiger partial charge in [0.15, 0.2) is 5.82 Å². The van der Waals surface area contributed by atoms with E-state index in [4.69, 9.17) is 0 Å². The van der Waals surface area contributed by atoms with Crippen LogP contribution in [0.1, 0.15) is 23.2 Å². The summed E-state index contributed by atoms with van der Waals surface area (Å²) in [6, 6.07) is 13.2. The number of piperazine rings is 1. The van der Waals surface area contributed by atoms with E-state index in [1.807, 2.05) is 35.2 Å². The first-order valence-corrected chi connectivity index (χ1v) is 14.6. The Bertz CT molecular complexity index is 1650. The molecule has 0 radical (unpaired) electrons. The molecule has 0 aliphatic carbocycles. The first-order valence-electron chi connectivity index (χ1n) is 14.6. The minimum absolute atomic E-state index is 0.0442. The lowest BCUT2D eigenvalue weighted by Gasteiger charge is -2.36. The molecule has 43 heavy (non-hydrogen) atoms. The van der Waals surface area contributed by atoms with Crippen LogP contribution in [0.25, 0.3) is 22.2 Å². The third kappa shape index (κ3) is 6.07. The Balaban J connectivity index is 1.13. The number of benzene rings is 2. The van der Waals surface area contributed by atoms with Gasteiger partial charge in [0.1, 0.15) is 5.69 Å². The second-order valence-corrected chi connectivity index (χ2v) is 11.1. The van der Waals surface area contributed by atoms with Gasteiger partial charge >= 0.3 is 0 Å². The SMILES string of the molecule is C=CC(=O)Nc1ccc(C(=O)N2CCC(Nc3ncc(F)c(-c4c[nH]c5ccccc45)n3)CC2)cc1N1CCN(C)CC1. The molecule has 3 N–H and O–H groups in total. The average molecular weight is 583 g/mol. The fourth-order valence-electron chi connectivity index (χ4n) is 5.75. The van der Waals surface area contributed by atoms with Crippen LogP contribution in [-0.2, 0) is 4.79 Å². The number of aromatic nitrogens is 3. The summed E-state index contributed by atoms with van der Waals surface area (Å²) < 4.78 is 14.8. The topological polar surface area (TPSA) is 109 Å². The number of nitrogens with zero attached hydrogens (tertiary/aromatic N) is 5. The summed E-state index contributed by atoms with van der Waals surface area (Å²) in [5.41, 5.74) is 3.93. The van der Waals surface area contributed by atoms with Crippen molar-refractivity contribution in [1.29, 1.82) is 0 Å².